The lowest BCUT2D eigenvalue weighted by Gasteiger charge is -2.29. The molecule has 1 aliphatic heterocycles. The van der Waals surface area contributed by atoms with Crippen LogP contribution in [0.1, 0.15) is 18.9 Å². The number of hydrogen-bond donors (Lipinski definition) is 1. The van der Waals surface area contributed by atoms with Gasteiger partial charge in [0.05, 0.1) is 12.2 Å². The van der Waals surface area contributed by atoms with Crippen LogP contribution in [0.4, 0.5) is 4.39 Å². The van der Waals surface area contributed by atoms with Gasteiger partial charge >= 0.3 is 0 Å². The molecule has 0 amide bonds. The van der Waals surface area contributed by atoms with E-state index in [2.05, 4.69) is 0 Å². The van der Waals surface area contributed by atoms with Gasteiger partial charge in [-0.25, -0.2) is 4.39 Å². The maximum atomic E-state index is 13.5. The van der Waals surface area contributed by atoms with Gasteiger partial charge in [-0.3, -0.25) is 0 Å². The highest BCUT2D eigenvalue weighted by atomic mass is 19.1. The van der Waals surface area contributed by atoms with Crippen molar-refractivity contribution in [3.8, 4) is 0 Å². The Hall–Kier alpha value is -0.930. The largest absolute Gasteiger partial charge is 0.389 e. The van der Waals surface area contributed by atoms with E-state index in [0.29, 0.717) is 25.2 Å². The summed E-state index contributed by atoms with van der Waals surface area (Å²) in [6.07, 6.45) is 1.19. The first kappa shape index (κ1) is 11.6. The van der Waals surface area contributed by atoms with Crippen molar-refractivity contribution in [3.05, 3.63) is 35.6 Å². The van der Waals surface area contributed by atoms with Crippen LogP contribution in [0.3, 0.4) is 0 Å². The summed E-state index contributed by atoms with van der Waals surface area (Å²) < 4.78 is 18.7. The lowest BCUT2D eigenvalue weighted by molar-refractivity contribution is -0.00517. The van der Waals surface area contributed by atoms with Gasteiger partial charge in [-0.2, -0.15) is 0 Å². The molecule has 1 aromatic carbocycles. The monoisotopic (exact) mass is 224 g/mol. The van der Waals surface area contributed by atoms with Crippen molar-refractivity contribution in [2.45, 2.75) is 25.4 Å². The molecule has 3 heteroatoms. The molecule has 2 unspecified atom stereocenters. The van der Waals surface area contributed by atoms with Crippen molar-refractivity contribution >= 4 is 0 Å². The molecule has 0 spiro atoms. The molecule has 0 bridgehead atoms. The van der Waals surface area contributed by atoms with E-state index in [9.17, 15) is 9.50 Å². The summed E-state index contributed by atoms with van der Waals surface area (Å²) >= 11 is 0. The zero-order valence-corrected chi connectivity index (χ0v) is 9.45. The van der Waals surface area contributed by atoms with E-state index in [0.717, 1.165) is 6.42 Å². The van der Waals surface area contributed by atoms with Crippen molar-refractivity contribution in [2.75, 3.05) is 13.2 Å². The fourth-order valence-electron chi connectivity index (χ4n) is 2.20. The molecular formula is C13H17FO2. The molecule has 1 fully saturated rings. The Balaban J connectivity index is 2.10. The van der Waals surface area contributed by atoms with Gasteiger partial charge in [-0.15, -0.1) is 0 Å². The molecule has 1 N–H and O–H groups in total. The van der Waals surface area contributed by atoms with Crippen LogP contribution < -0.4 is 0 Å². The molecule has 2 nitrogen and oxygen atoms in total. The smallest absolute Gasteiger partial charge is 0.126 e. The summed E-state index contributed by atoms with van der Waals surface area (Å²) in [5.74, 6) is -0.145. The van der Waals surface area contributed by atoms with Crippen LogP contribution in [0.2, 0.25) is 0 Å². The Morgan fingerprint density at radius 2 is 2.25 bits per heavy atom. The van der Waals surface area contributed by atoms with E-state index in [1.54, 1.807) is 25.1 Å². The minimum Gasteiger partial charge on any atom is -0.389 e. The Morgan fingerprint density at radius 1 is 1.50 bits per heavy atom. The number of rotatable bonds is 3. The molecule has 88 valence electrons. The van der Waals surface area contributed by atoms with Gasteiger partial charge in [0.1, 0.15) is 5.82 Å². The average molecular weight is 224 g/mol. The van der Waals surface area contributed by atoms with Crippen molar-refractivity contribution in [1.29, 1.82) is 0 Å². The lowest BCUT2D eigenvalue weighted by atomic mass is 9.83. The third-order valence-corrected chi connectivity index (χ3v) is 3.32. The SMILES string of the molecule is CC(O)(Cc1ccccc1F)C1CCOC1. The summed E-state index contributed by atoms with van der Waals surface area (Å²) in [5, 5.41) is 10.3. The molecule has 0 radical (unpaired) electrons. The number of hydrogen-bond acceptors (Lipinski definition) is 2. The van der Waals surface area contributed by atoms with E-state index in [4.69, 9.17) is 4.74 Å². The second-order valence-electron chi connectivity index (χ2n) is 4.69. The molecular weight excluding hydrogens is 207 g/mol. The predicted molar refractivity (Wildman–Crippen MR) is 59.7 cm³/mol. The van der Waals surface area contributed by atoms with Crippen LogP contribution in [0.25, 0.3) is 0 Å². The van der Waals surface area contributed by atoms with Crippen LogP contribution in [-0.4, -0.2) is 23.9 Å². The zero-order chi connectivity index (χ0) is 11.6. The summed E-state index contributed by atoms with van der Waals surface area (Å²) in [4.78, 5) is 0. The van der Waals surface area contributed by atoms with Crippen LogP contribution >= 0.6 is 0 Å². The summed E-state index contributed by atoms with van der Waals surface area (Å²) in [5.41, 5.74) is -0.321. The second-order valence-corrected chi connectivity index (χ2v) is 4.69. The van der Waals surface area contributed by atoms with Gasteiger partial charge < -0.3 is 9.84 Å². The van der Waals surface area contributed by atoms with Crippen LogP contribution in [0.15, 0.2) is 24.3 Å². The van der Waals surface area contributed by atoms with Crippen molar-refractivity contribution < 1.29 is 14.2 Å². The highest BCUT2D eigenvalue weighted by Crippen LogP contribution is 2.29. The Labute approximate surface area is 95.1 Å². The average Bonchev–Trinajstić information content (AvgIpc) is 2.75. The third kappa shape index (κ3) is 2.42. The van der Waals surface area contributed by atoms with Crippen molar-refractivity contribution in [1.82, 2.24) is 0 Å². The van der Waals surface area contributed by atoms with Gasteiger partial charge in [0.2, 0.25) is 0 Å². The van der Waals surface area contributed by atoms with Gasteiger partial charge in [0.25, 0.3) is 0 Å². The molecule has 2 atom stereocenters. The molecule has 2 rings (SSSR count). The molecule has 1 heterocycles. The second kappa shape index (κ2) is 4.52. The molecule has 16 heavy (non-hydrogen) atoms. The van der Waals surface area contributed by atoms with Crippen LogP contribution in [0.5, 0.6) is 0 Å². The summed E-state index contributed by atoms with van der Waals surface area (Å²) in [6.45, 7) is 3.03. The highest BCUT2D eigenvalue weighted by Gasteiger charge is 2.35. The molecule has 1 saturated heterocycles. The topological polar surface area (TPSA) is 29.5 Å². The number of benzene rings is 1. The zero-order valence-electron chi connectivity index (χ0n) is 9.45. The Bertz CT molecular complexity index is 357. The lowest BCUT2D eigenvalue weighted by Crippen LogP contribution is -2.37. The number of ether oxygens (including phenoxy) is 1. The quantitative estimate of drug-likeness (QED) is 0.852. The molecule has 0 aliphatic carbocycles. The molecule has 1 aliphatic rings. The first-order valence-electron chi connectivity index (χ1n) is 5.63. The summed E-state index contributed by atoms with van der Waals surface area (Å²) in [6, 6.07) is 6.60. The minimum absolute atomic E-state index is 0.104. The summed E-state index contributed by atoms with van der Waals surface area (Å²) in [7, 11) is 0. The number of halogens is 1. The first-order chi connectivity index (χ1) is 7.59. The van der Waals surface area contributed by atoms with Gasteiger partial charge in [-0.05, 0) is 25.0 Å². The maximum Gasteiger partial charge on any atom is 0.126 e. The maximum absolute atomic E-state index is 13.5. The standard InChI is InChI=1S/C13H17FO2/c1-13(15,11-6-7-16-9-11)8-10-4-2-3-5-12(10)14/h2-5,11,15H,6-9H2,1H3. The van der Waals surface area contributed by atoms with Gasteiger partial charge in [0, 0.05) is 18.9 Å². The van der Waals surface area contributed by atoms with E-state index >= 15 is 0 Å². The van der Waals surface area contributed by atoms with E-state index < -0.39 is 5.60 Å². The predicted octanol–water partition coefficient (Wildman–Crippen LogP) is 2.16. The Kier molecular flexibility index (Phi) is 3.26. The first-order valence-corrected chi connectivity index (χ1v) is 5.63. The van der Waals surface area contributed by atoms with Crippen LogP contribution in [0, 0.1) is 11.7 Å². The van der Waals surface area contributed by atoms with Crippen molar-refractivity contribution in [2.24, 2.45) is 5.92 Å². The van der Waals surface area contributed by atoms with Gasteiger partial charge in [0.15, 0.2) is 0 Å². The van der Waals surface area contributed by atoms with Crippen LogP contribution in [-0.2, 0) is 11.2 Å². The van der Waals surface area contributed by atoms with Crippen molar-refractivity contribution in [3.63, 3.8) is 0 Å². The fourth-order valence-corrected chi connectivity index (χ4v) is 2.20. The van der Waals surface area contributed by atoms with E-state index in [1.807, 2.05) is 0 Å². The Morgan fingerprint density at radius 3 is 2.88 bits per heavy atom. The normalized spacial score (nSPS) is 24.3. The molecule has 0 aromatic heterocycles. The van der Waals surface area contributed by atoms with Gasteiger partial charge in [-0.1, -0.05) is 18.2 Å². The minimum atomic E-state index is -0.890. The highest BCUT2D eigenvalue weighted by molar-refractivity contribution is 5.19. The van der Waals surface area contributed by atoms with E-state index in [-0.39, 0.29) is 11.7 Å². The molecule has 0 saturated carbocycles. The molecule has 1 aromatic rings. The van der Waals surface area contributed by atoms with E-state index in [1.165, 1.54) is 6.07 Å². The fraction of sp³-hybridized carbons (Fsp3) is 0.538. The number of aliphatic hydroxyl groups is 1. The third-order valence-electron chi connectivity index (χ3n) is 3.32.